The third-order valence-electron chi connectivity index (χ3n) is 6.07. The van der Waals surface area contributed by atoms with Gasteiger partial charge in [-0.25, -0.2) is 9.37 Å². The summed E-state index contributed by atoms with van der Waals surface area (Å²) in [5.41, 5.74) is 2.84. The van der Waals surface area contributed by atoms with Crippen molar-refractivity contribution in [2.24, 2.45) is 0 Å². The number of anilines is 2. The van der Waals surface area contributed by atoms with Crippen LogP contribution < -0.4 is 15.5 Å². The van der Waals surface area contributed by atoms with E-state index in [1.165, 1.54) is 36.2 Å². The van der Waals surface area contributed by atoms with Gasteiger partial charge in [0.25, 0.3) is 5.91 Å². The predicted octanol–water partition coefficient (Wildman–Crippen LogP) is 3.71. The van der Waals surface area contributed by atoms with E-state index in [1.54, 1.807) is 12.1 Å². The molecule has 4 rings (SSSR count). The first-order valence-corrected chi connectivity index (χ1v) is 10.9. The Hall–Kier alpha value is -2.70. The molecular formula is C23H30FN5O. The lowest BCUT2D eigenvalue weighted by Gasteiger charge is -2.30. The molecule has 1 fully saturated rings. The van der Waals surface area contributed by atoms with Crippen LogP contribution in [0.2, 0.25) is 0 Å². The third kappa shape index (κ3) is 4.71. The number of nitrogens with one attached hydrogen (secondary N) is 2. The number of hydrogen-bond acceptors (Lipinski definition) is 5. The summed E-state index contributed by atoms with van der Waals surface area (Å²) < 4.78 is 13.3. The Morgan fingerprint density at radius 3 is 2.53 bits per heavy atom. The van der Waals surface area contributed by atoms with Gasteiger partial charge in [0.05, 0.1) is 5.69 Å². The molecule has 30 heavy (non-hydrogen) atoms. The Balaban J connectivity index is 1.35. The number of hydrogen-bond donors (Lipinski definition) is 2. The van der Waals surface area contributed by atoms with E-state index in [2.05, 4.69) is 15.5 Å². The Morgan fingerprint density at radius 1 is 1.07 bits per heavy atom. The molecule has 0 aliphatic heterocycles. The van der Waals surface area contributed by atoms with Gasteiger partial charge in [-0.15, -0.1) is 0 Å². The zero-order chi connectivity index (χ0) is 21.1. The second-order valence-corrected chi connectivity index (χ2v) is 8.57. The first-order valence-electron chi connectivity index (χ1n) is 10.9. The van der Waals surface area contributed by atoms with E-state index in [9.17, 15) is 9.18 Å². The van der Waals surface area contributed by atoms with E-state index in [-0.39, 0.29) is 11.9 Å². The number of fused-ring (bicyclic) bond motifs is 1. The average molecular weight is 412 g/mol. The minimum Gasteiger partial charge on any atom is -0.362 e. The summed E-state index contributed by atoms with van der Waals surface area (Å²) in [5.74, 6) is 1.14. The van der Waals surface area contributed by atoms with Gasteiger partial charge in [0.2, 0.25) is 5.95 Å². The number of amides is 1. The van der Waals surface area contributed by atoms with Crippen LogP contribution in [0, 0.1) is 5.82 Å². The van der Waals surface area contributed by atoms with Crippen molar-refractivity contribution in [3.8, 4) is 0 Å². The quantitative estimate of drug-likeness (QED) is 0.785. The zero-order valence-corrected chi connectivity index (χ0v) is 17.7. The molecule has 160 valence electrons. The molecule has 2 N–H and O–H groups in total. The lowest BCUT2D eigenvalue weighted by atomic mass is 9.91. The topological polar surface area (TPSA) is 70.2 Å². The lowest BCUT2D eigenvalue weighted by molar-refractivity contribution is 0.0926. The molecule has 1 amide bonds. The second-order valence-electron chi connectivity index (χ2n) is 8.57. The number of carbonyl (C=O) groups is 1. The molecule has 0 bridgehead atoms. The lowest BCUT2D eigenvalue weighted by Crippen LogP contribution is -2.40. The summed E-state index contributed by atoms with van der Waals surface area (Å²) in [6.45, 7) is 0. The van der Waals surface area contributed by atoms with Gasteiger partial charge >= 0.3 is 0 Å². The molecule has 0 radical (unpaired) electrons. The van der Waals surface area contributed by atoms with Crippen molar-refractivity contribution in [2.75, 3.05) is 24.3 Å². The minimum atomic E-state index is -0.391. The highest BCUT2D eigenvalue weighted by Crippen LogP contribution is 2.29. The fraction of sp³-hybridized carbons (Fsp3) is 0.522. The van der Waals surface area contributed by atoms with Gasteiger partial charge in [0.1, 0.15) is 11.6 Å². The first-order chi connectivity index (χ1) is 14.5. The summed E-state index contributed by atoms with van der Waals surface area (Å²) in [6, 6.07) is 6.23. The average Bonchev–Trinajstić information content (AvgIpc) is 2.74. The van der Waals surface area contributed by atoms with Crippen LogP contribution in [0.4, 0.5) is 16.2 Å². The molecular weight excluding hydrogens is 381 g/mol. The monoisotopic (exact) mass is 411 g/mol. The van der Waals surface area contributed by atoms with E-state index in [1.807, 2.05) is 14.1 Å². The Kier molecular flexibility index (Phi) is 6.16. The molecule has 0 atom stereocenters. The Morgan fingerprint density at radius 2 is 1.80 bits per heavy atom. The van der Waals surface area contributed by atoms with E-state index in [0.29, 0.717) is 17.6 Å². The molecule has 1 aromatic carbocycles. The Bertz CT molecular complexity index is 908. The molecule has 0 spiro atoms. The van der Waals surface area contributed by atoms with E-state index in [0.717, 1.165) is 44.3 Å². The van der Waals surface area contributed by atoms with Gasteiger partial charge in [-0.2, -0.15) is 4.98 Å². The van der Waals surface area contributed by atoms with Crippen LogP contribution in [0.15, 0.2) is 24.3 Å². The highest BCUT2D eigenvalue weighted by Gasteiger charge is 2.25. The summed E-state index contributed by atoms with van der Waals surface area (Å²) >= 11 is 0. The van der Waals surface area contributed by atoms with Crippen LogP contribution in [0.3, 0.4) is 0 Å². The van der Waals surface area contributed by atoms with Gasteiger partial charge in [-0.1, -0.05) is 6.07 Å². The molecule has 7 heteroatoms. The number of aromatic nitrogens is 2. The fourth-order valence-electron chi connectivity index (χ4n) is 4.47. The van der Waals surface area contributed by atoms with Crippen molar-refractivity contribution in [1.82, 2.24) is 15.3 Å². The number of halogens is 1. The van der Waals surface area contributed by atoms with Crippen LogP contribution in [0.25, 0.3) is 0 Å². The van der Waals surface area contributed by atoms with Crippen molar-refractivity contribution in [1.29, 1.82) is 0 Å². The SMILES string of the molecule is CN(C)c1nc(N[C@H]2CC[C@@H](NC(=O)c3cccc(F)c3)CC2)nc2c1CCCC2. The summed E-state index contributed by atoms with van der Waals surface area (Å²) in [6.07, 6.45) is 8.10. The maximum absolute atomic E-state index is 13.3. The maximum Gasteiger partial charge on any atom is 0.251 e. The highest BCUT2D eigenvalue weighted by molar-refractivity contribution is 5.94. The van der Waals surface area contributed by atoms with Crippen LogP contribution in [0.5, 0.6) is 0 Å². The van der Waals surface area contributed by atoms with E-state index in [4.69, 9.17) is 9.97 Å². The molecule has 1 heterocycles. The highest BCUT2D eigenvalue weighted by atomic mass is 19.1. The van der Waals surface area contributed by atoms with Crippen molar-refractivity contribution in [2.45, 2.75) is 63.5 Å². The summed E-state index contributed by atoms with van der Waals surface area (Å²) in [4.78, 5) is 24.0. The molecule has 0 saturated heterocycles. The van der Waals surface area contributed by atoms with Gasteiger partial charge in [0.15, 0.2) is 0 Å². The largest absolute Gasteiger partial charge is 0.362 e. The molecule has 2 aromatic rings. The smallest absolute Gasteiger partial charge is 0.251 e. The molecule has 2 aliphatic carbocycles. The number of aryl methyl sites for hydroxylation is 1. The number of carbonyl (C=O) groups excluding carboxylic acids is 1. The van der Waals surface area contributed by atoms with E-state index >= 15 is 0 Å². The minimum absolute atomic E-state index is 0.112. The summed E-state index contributed by atoms with van der Waals surface area (Å²) in [7, 11) is 4.07. The second kappa shape index (κ2) is 8.98. The van der Waals surface area contributed by atoms with Crippen LogP contribution in [0.1, 0.15) is 60.1 Å². The van der Waals surface area contributed by atoms with Crippen molar-refractivity contribution < 1.29 is 9.18 Å². The van der Waals surface area contributed by atoms with Crippen molar-refractivity contribution >= 4 is 17.7 Å². The van der Waals surface area contributed by atoms with Gasteiger partial charge in [-0.05, 0) is 69.6 Å². The number of rotatable bonds is 5. The van der Waals surface area contributed by atoms with E-state index < -0.39 is 5.82 Å². The Labute approximate surface area is 177 Å². The van der Waals surface area contributed by atoms with Gasteiger partial charge in [-0.3, -0.25) is 4.79 Å². The van der Waals surface area contributed by atoms with Crippen molar-refractivity contribution in [3.05, 3.63) is 46.9 Å². The van der Waals surface area contributed by atoms with Crippen molar-refractivity contribution in [3.63, 3.8) is 0 Å². The standard InChI is InChI=1S/C23H30FN5O/c1-29(2)21-19-8-3-4-9-20(19)27-23(28-21)26-18-12-10-17(11-13-18)25-22(30)15-6-5-7-16(24)14-15/h5-7,14,17-18H,3-4,8-13H2,1-2H3,(H,25,30)(H,26,27,28)/t17-,18+. The first kappa shape index (κ1) is 20.6. The zero-order valence-electron chi connectivity index (χ0n) is 17.7. The molecule has 6 nitrogen and oxygen atoms in total. The third-order valence-corrected chi connectivity index (χ3v) is 6.07. The normalized spacial score (nSPS) is 20.9. The fourth-order valence-corrected chi connectivity index (χ4v) is 4.47. The number of nitrogens with zero attached hydrogens (tertiary/aromatic N) is 3. The van der Waals surface area contributed by atoms with Crippen LogP contribution in [-0.4, -0.2) is 42.1 Å². The molecule has 2 aliphatic rings. The molecule has 0 unspecified atom stereocenters. The molecule has 1 saturated carbocycles. The van der Waals surface area contributed by atoms with Crippen LogP contribution >= 0.6 is 0 Å². The van der Waals surface area contributed by atoms with Crippen LogP contribution in [-0.2, 0) is 12.8 Å². The van der Waals surface area contributed by atoms with Gasteiger partial charge < -0.3 is 15.5 Å². The number of benzene rings is 1. The molecule has 1 aromatic heterocycles. The summed E-state index contributed by atoms with van der Waals surface area (Å²) in [5, 5.41) is 6.57. The van der Waals surface area contributed by atoms with Gasteiger partial charge in [0, 0.05) is 37.3 Å². The maximum atomic E-state index is 13.3. The predicted molar refractivity (Wildman–Crippen MR) is 117 cm³/mol.